The van der Waals surface area contributed by atoms with E-state index >= 15 is 0 Å². The van der Waals surface area contributed by atoms with Gasteiger partial charge in [-0.1, -0.05) is 39.5 Å². The molecule has 2 rings (SSSR count). The maximum absolute atomic E-state index is 13.2. The summed E-state index contributed by atoms with van der Waals surface area (Å²) in [6.07, 6.45) is 12.6. The molecule has 0 aromatic heterocycles. The summed E-state index contributed by atoms with van der Waals surface area (Å²) in [5, 5.41) is 0. The highest BCUT2D eigenvalue weighted by Crippen LogP contribution is 2.38. The second-order valence-electron chi connectivity index (χ2n) is 8.11. The van der Waals surface area contributed by atoms with Crippen LogP contribution in [-0.4, -0.2) is 0 Å². The lowest BCUT2D eigenvalue weighted by atomic mass is 9.80. The molecular weight excluding hydrogens is 467 g/mol. The highest BCUT2D eigenvalue weighted by Gasteiger charge is 2.25. The van der Waals surface area contributed by atoms with E-state index in [2.05, 4.69) is 13.8 Å². The minimum Gasteiger partial charge on any atom is -0.213 e. The molecule has 0 aliphatic heterocycles. The van der Waals surface area contributed by atoms with Gasteiger partial charge in [0.05, 0.1) is 0 Å². The summed E-state index contributed by atoms with van der Waals surface area (Å²) >= 11 is 1.43. The van der Waals surface area contributed by atoms with E-state index in [1.54, 1.807) is 0 Å². The van der Waals surface area contributed by atoms with Crippen molar-refractivity contribution in [3.05, 3.63) is 21.8 Å². The smallest absolute Gasteiger partial charge is 0.192 e. The minimum absolute atomic E-state index is 0.127. The molecule has 158 valence electrons. The molecule has 2 aliphatic rings. The molecule has 0 radical (unpaired) electrons. The zero-order valence-electron chi connectivity index (χ0n) is 16.8. The molecule has 0 N–H and O–H groups in total. The molecule has 0 aromatic rings. The predicted octanol–water partition coefficient (Wildman–Crippen LogP) is 9.51. The fourth-order valence-electron chi connectivity index (χ4n) is 4.49. The van der Waals surface area contributed by atoms with Gasteiger partial charge in [0.25, 0.3) is 0 Å². The molecule has 2 aliphatic carbocycles. The van der Waals surface area contributed by atoms with Gasteiger partial charge in [0, 0.05) is 11.8 Å². The van der Waals surface area contributed by atoms with E-state index in [9.17, 15) is 17.6 Å². The van der Waals surface area contributed by atoms with Crippen molar-refractivity contribution in [1.29, 1.82) is 0 Å². The number of halogens is 5. The topological polar surface area (TPSA) is 0 Å². The van der Waals surface area contributed by atoms with Crippen LogP contribution in [0.4, 0.5) is 17.6 Å². The molecule has 0 bridgehead atoms. The first-order valence-electron chi connectivity index (χ1n) is 10.6. The number of hydrogen-bond acceptors (Lipinski definition) is 0. The maximum atomic E-state index is 13.2. The lowest BCUT2D eigenvalue weighted by Gasteiger charge is -2.27. The first-order chi connectivity index (χ1) is 12.9. The van der Waals surface area contributed by atoms with Crippen molar-refractivity contribution in [3.8, 4) is 0 Å². The van der Waals surface area contributed by atoms with E-state index < -0.39 is 15.5 Å². The van der Waals surface area contributed by atoms with Gasteiger partial charge < -0.3 is 0 Å². The largest absolute Gasteiger partial charge is 0.213 e. The zero-order chi connectivity index (χ0) is 20.2. The SMILES string of the molecule is CCCC1CCC(/C(F)=C(\F)I)CC1.CCCC1CCC(/C(F)=C\F)CC1. The minimum atomic E-state index is -0.651. The number of allylic oxidation sites excluding steroid dienone is 2. The lowest BCUT2D eigenvalue weighted by molar-refractivity contribution is 0.259. The van der Waals surface area contributed by atoms with Crippen LogP contribution < -0.4 is 0 Å². The van der Waals surface area contributed by atoms with Crippen molar-refractivity contribution in [1.82, 2.24) is 0 Å². The summed E-state index contributed by atoms with van der Waals surface area (Å²) in [5.41, 5.74) is 0. The Morgan fingerprint density at radius 2 is 1.19 bits per heavy atom. The van der Waals surface area contributed by atoms with Crippen LogP contribution in [0.3, 0.4) is 0 Å². The van der Waals surface area contributed by atoms with Gasteiger partial charge in [-0.2, -0.15) is 4.39 Å². The Kier molecular flexibility index (Phi) is 12.9. The summed E-state index contributed by atoms with van der Waals surface area (Å²) in [4.78, 5) is 0. The maximum Gasteiger partial charge on any atom is 0.192 e. The molecule has 0 unspecified atom stereocenters. The molecular formula is C22H35F4I. The average molecular weight is 502 g/mol. The Morgan fingerprint density at radius 1 is 0.778 bits per heavy atom. The second-order valence-corrected chi connectivity index (χ2v) is 9.06. The molecule has 0 spiro atoms. The van der Waals surface area contributed by atoms with Gasteiger partial charge in [-0.15, -0.1) is 0 Å². The first kappa shape index (κ1) is 25.0. The van der Waals surface area contributed by atoms with E-state index in [1.807, 2.05) is 0 Å². The normalized spacial score (nSPS) is 30.3. The van der Waals surface area contributed by atoms with Crippen LogP contribution in [0.15, 0.2) is 21.8 Å². The quantitative estimate of drug-likeness (QED) is 0.251. The van der Waals surface area contributed by atoms with Crippen LogP contribution in [0.5, 0.6) is 0 Å². The van der Waals surface area contributed by atoms with E-state index in [0.717, 1.165) is 63.2 Å². The van der Waals surface area contributed by atoms with E-state index in [-0.39, 0.29) is 18.2 Å². The molecule has 27 heavy (non-hydrogen) atoms. The van der Waals surface area contributed by atoms with Crippen LogP contribution in [-0.2, 0) is 0 Å². The van der Waals surface area contributed by atoms with Crippen LogP contribution in [0.25, 0.3) is 0 Å². The summed E-state index contributed by atoms with van der Waals surface area (Å²) in [7, 11) is 0. The third kappa shape index (κ3) is 9.31. The van der Waals surface area contributed by atoms with Crippen LogP contribution >= 0.6 is 22.6 Å². The molecule has 0 heterocycles. The van der Waals surface area contributed by atoms with Gasteiger partial charge in [-0.3, -0.25) is 0 Å². The van der Waals surface area contributed by atoms with Gasteiger partial charge in [0.1, 0.15) is 18.0 Å². The second kappa shape index (κ2) is 14.0. The first-order valence-corrected chi connectivity index (χ1v) is 11.7. The molecule has 2 fully saturated rings. The summed E-state index contributed by atoms with van der Waals surface area (Å²) in [5.74, 6) is 0.184. The summed E-state index contributed by atoms with van der Waals surface area (Å²) in [6.45, 7) is 4.35. The monoisotopic (exact) mass is 502 g/mol. The van der Waals surface area contributed by atoms with Crippen molar-refractivity contribution < 1.29 is 17.6 Å². The summed E-state index contributed by atoms with van der Waals surface area (Å²) in [6, 6.07) is 0. The Balaban J connectivity index is 0.000000271. The number of hydrogen-bond donors (Lipinski definition) is 0. The fourth-order valence-corrected chi connectivity index (χ4v) is 4.93. The Labute approximate surface area is 176 Å². The highest BCUT2D eigenvalue weighted by atomic mass is 127. The highest BCUT2D eigenvalue weighted by molar-refractivity contribution is 14.1. The average Bonchev–Trinajstić information content (AvgIpc) is 2.69. The van der Waals surface area contributed by atoms with Gasteiger partial charge in [0.2, 0.25) is 0 Å². The van der Waals surface area contributed by atoms with Crippen LogP contribution in [0, 0.1) is 23.7 Å². The molecule has 5 heteroatoms. The van der Waals surface area contributed by atoms with Gasteiger partial charge in [0.15, 0.2) is 3.83 Å². The van der Waals surface area contributed by atoms with Crippen molar-refractivity contribution in [2.75, 3.05) is 0 Å². The molecule has 0 amide bonds. The Bertz CT molecular complexity index is 455. The van der Waals surface area contributed by atoms with Crippen molar-refractivity contribution in [3.63, 3.8) is 0 Å². The van der Waals surface area contributed by atoms with E-state index in [0.29, 0.717) is 0 Å². The Hall–Kier alpha value is -0.0700. The third-order valence-electron chi connectivity index (χ3n) is 6.12. The molecule has 0 saturated heterocycles. The molecule has 0 nitrogen and oxygen atoms in total. The fraction of sp³-hybridized carbons (Fsp3) is 0.818. The van der Waals surface area contributed by atoms with Crippen molar-refractivity contribution in [2.45, 2.75) is 90.9 Å². The van der Waals surface area contributed by atoms with E-state index in [1.165, 1.54) is 48.3 Å². The van der Waals surface area contributed by atoms with Gasteiger partial charge >= 0.3 is 0 Å². The zero-order valence-corrected chi connectivity index (χ0v) is 18.9. The van der Waals surface area contributed by atoms with Gasteiger partial charge in [-0.05, 0) is 85.8 Å². The van der Waals surface area contributed by atoms with Crippen LogP contribution in [0.2, 0.25) is 0 Å². The van der Waals surface area contributed by atoms with Crippen molar-refractivity contribution >= 4 is 22.6 Å². The molecule has 0 atom stereocenters. The van der Waals surface area contributed by atoms with Gasteiger partial charge in [-0.25, -0.2) is 13.2 Å². The lowest BCUT2D eigenvalue weighted by Crippen LogP contribution is -2.15. The van der Waals surface area contributed by atoms with Crippen molar-refractivity contribution in [2.24, 2.45) is 23.7 Å². The molecule has 0 aromatic carbocycles. The van der Waals surface area contributed by atoms with Crippen LogP contribution in [0.1, 0.15) is 90.9 Å². The van der Waals surface area contributed by atoms with E-state index in [4.69, 9.17) is 0 Å². The number of rotatable bonds is 6. The summed E-state index contributed by atoms with van der Waals surface area (Å²) < 4.78 is 49.9. The predicted molar refractivity (Wildman–Crippen MR) is 114 cm³/mol. The standard InChI is InChI=1S/C11H17F2I.C11H18F2/c1-2-3-8-4-6-9(7-5-8)10(12)11(13)14;1-2-3-9-4-6-10(7-5-9)11(13)8-12/h8-9H,2-7H2,1H3;8-10H,2-7H2,1H3/b11-10-;11-8+. The Morgan fingerprint density at radius 3 is 1.52 bits per heavy atom. The molecule has 2 saturated carbocycles. The third-order valence-corrected chi connectivity index (χ3v) is 6.64.